The van der Waals surface area contributed by atoms with Crippen molar-refractivity contribution < 1.29 is 9.53 Å². The summed E-state index contributed by atoms with van der Waals surface area (Å²) in [5, 5.41) is 4.84. The molecule has 1 heterocycles. The van der Waals surface area contributed by atoms with Crippen LogP contribution < -0.4 is 10.1 Å². The van der Waals surface area contributed by atoms with E-state index in [1.54, 1.807) is 7.11 Å². The fourth-order valence-electron chi connectivity index (χ4n) is 0.950. The Kier molecular flexibility index (Phi) is 5.23. The van der Waals surface area contributed by atoms with E-state index in [0.29, 0.717) is 18.0 Å². The third-order valence-electron chi connectivity index (χ3n) is 1.74. The van der Waals surface area contributed by atoms with Crippen LogP contribution in [0.1, 0.15) is 0 Å². The van der Waals surface area contributed by atoms with Crippen molar-refractivity contribution in [3.8, 4) is 0 Å². The Hall–Kier alpha value is -0.980. The molecule has 0 aliphatic heterocycles. The molecular weight excluding hydrogens is 214 g/mol. The summed E-state index contributed by atoms with van der Waals surface area (Å²) in [6.45, 7) is 1.51. The highest BCUT2D eigenvalue weighted by Gasteiger charge is 1.98. The quantitative estimate of drug-likeness (QED) is 0.708. The monoisotopic (exact) mass is 229 g/mol. The van der Waals surface area contributed by atoms with Crippen LogP contribution in [0.4, 0.5) is 0 Å². The zero-order chi connectivity index (χ0) is 11.1. The van der Waals surface area contributed by atoms with E-state index in [9.17, 15) is 4.79 Å². The molecule has 0 saturated carbocycles. The van der Waals surface area contributed by atoms with Crippen LogP contribution in [0.15, 0.2) is 16.6 Å². The van der Waals surface area contributed by atoms with Gasteiger partial charge in [0.25, 0.3) is 5.91 Å². The summed E-state index contributed by atoms with van der Waals surface area (Å²) in [6.07, 6.45) is 1.87. The Morgan fingerprint density at radius 1 is 1.73 bits per heavy atom. The lowest BCUT2D eigenvalue weighted by Crippen LogP contribution is -2.26. The SMILES string of the molecule is COCCNCC(=O)N=c1sccn1C. The third-order valence-corrected chi connectivity index (χ3v) is 2.59. The van der Waals surface area contributed by atoms with Gasteiger partial charge in [0.2, 0.25) is 0 Å². The molecule has 1 N–H and O–H groups in total. The van der Waals surface area contributed by atoms with Crippen LogP contribution in [0.25, 0.3) is 0 Å². The number of hydrogen-bond acceptors (Lipinski definition) is 4. The maximum Gasteiger partial charge on any atom is 0.262 e. The number of methoxy groups -OCH3 is 1. The Morgan fingerprint density at radius 2 is 2.53 bits per heavy atom. The molecule has 0 bridgehead atoms. The molecule has 0 spiro atoms. The number of amides is 1. The molecule has 84 valence electrons. The van der Waals surface area contributed by atoms with Crippen molar-refractivity contribution in [2.24, 2.45) is 12.0 Å². The van der Waals surface area contributed by atoms with E-state index in [-0.39, 0.29) is 12.5 Å². The van der Waals surface area contributed by atoms with Crippen LogP contribution in [0.5, 0.6) is 0 Å². The first kappa shape index (κ1) is 12.1. The van der Waals surface area contributed by atoms with Crippen LogP contribution in [0.3, 0.4) is 0 Å². The van der Waals surface area contributed by atoms with Gasteiger partial charge in [-0.1, -0.05) is 0 Å². The van der Waals surface area contributed by atoms with Crippen molar-refractivity contribution in [3.05, 3.63) is 16.4 Å². The number of rotatable bonds is 5. The molecule has 0 aliphatic rings. The lowest BCUT2D eigenvalue weighted by molar-refractivity contribution is -0.117. The van der Waals surface area contributed by atoms with Gasteiger partial charge in [0, 0.05) is 32.3 Å². The Bertz CT molecular complexity index is 369. The van der Waals surface area contributed by atoms with Gasteiger partial charge in [-0.2, -0.15) is 4.99 Å². The topological polar surface area (TPSA) is 55.6 Å². The second-order valence-corrected chi connectivity index (χ2v) is 3.84. The number of aryl methyl sites for hydroxylation is 1. The summed E-state index contributed by atoms with van der Waals surface area (Å²) in [4.78, 5) is 16.0. The Labute approximate surface area is 92.4 Å². The average molecular weight is 229 g/mol. The summed E-state index contributed by atoms with van der Waals surface area (Å²) in [6, 6.07) is 0. The molecule has 6 heteroatoms. The normalized spacial score (nSPS) is 12.0. The second kappa shape index (κ2) is 6.49. The fourth-order valence-corrected chi connectivity index (χ4v) is 1.70. The molecule has 0 unspecified atom stereocenters. The largest absolute Gasteiger partial charge is 0.383 e. The minimum Gasteiger partial charge on any atom is -0.383 e. The Morgan fingerprint density at radius 3 is 3.13 bits per heavy atom. The predicted molar refractivity (Wildman–Crippen MR) is 58.6 cm³/mol. The maximum atomic E-state index is 11.3. The van der Waals surface area contributed by atoms with Gasteiger partial charge in [-0.25, -0.2) is 0 Å². The molecule has 0 atom stereocenters. The number of carbonyl (C=O) groups is 1. The first-order chi connectivity index (χ1) is 7.24. The molecule has 0 fully saturated rings. The zero-order valence-electron chi connectivity index (χ0n) is 8.90. The van der Waals surface area contributed by atoms with E-state index < -0.39 is 0 Å². The first-order valence-corrected chi connectivity index (χ1v) is 5.49. The van der Waals surface area contributed by atoms with Gasteiger partial charge in [-0.3, -0.25) is 4.79 Å². The number of ether oxygens (including phenoxy) is 1. The fraction of sp³-hybridized carbons (Fsp3) is 0.556. The van der Waals surface area contributed by atoms with Gasteiger partial charge >= 0.3 is 0 Å². The smallest absolute Gasteiger partial charge is 0.262 e. The van der Waals surface area contributed by atoms with Crippen LogP contribution in [-0.2, 0) is 16.6 Å². The molecule has 15 heavy (non-hydrogen) atoms. The maximum absolute atomic E-state index is 11.3. The van der Waals surface area contributed by atoms with Gasteiger partial charge in [-0.05, 0) is 0 Å². The molecule has 5 nitrogen and oxygen atoms in total. The second-order valence-electron chi connectivity index (χ2n) is 2.97. The molecule has 1 rings (SSSR count). The molecule has 0 aliphatic carbocycles. The highest BCUT2D eigenvalue weighted by molar-refractivity contribution is 7.07. The number of nitrogens with zero attached hydrogens (tertiary/aromatic N) is 2. The minimum atomic E-state index is -0.163. The minimum absolute atomic E-state index is 0.163. The standard InChI is InChI=1S/C9H15N3O2S/c1-12-4-6-15-9(12)11-8(13)7-10-3-5-14-2/h4,6,10H,3,5,7H2,1-2H3. The van der Waals surface area contributed by atoms with Crippen molar-refractivity contribution in [1.82, 2.24) is 9.88 Å². The molecule has 0 aromatic carbocycles. The lowest BCUT2D eigenvalue weighted by atomic mass is 10.5. The van der Waals surface area contributed by atoms with Crippen LogP contribution >= 0.6 is 11.3 Å². The lowest BCUT2D eigenvalue weighted by Gasteiger charge is -1.99. The number of thiazole rings is 1. The molecule has 1 amide bonds. The Balaban J connectivity index is 2.40. The van der Waals surface area contributed by atoms with Gasteiger partial charge in [0.15, 0.2) is 4.80 Å². The number of aromatic nitrogens is 1. The van der Waals surface area contributed by atoms with Crippen molar-refractivity contribution in [1.29, 1.82) is 0 Å². The third kappa shape index (κ3) is 4.37. The highest BCUT2D eigenvalue weighted by atomic mass is 32.1. The number of hydrogen-bond donors (Lipinski definition) is 1. The van der Waals surface area contributed by atoms with Gasteiger partial charge in [-0.15, -0.1) is 11.3 Å². The van der Waals surface area contributed by atoms with Gasteiger partial charge < -0.3 is 14.6 Å². The van der Waals surface area contributed by atoms with E-state index in [1.165, 1.54) is 11.3 Å². The zero-order valence-corrected chi connectivity index (χ0v) is 9.71. The summed E-state index contributed by atoms with van der Waals surface area (Å²) in [5.74, 6) is -0.163. The van der Waals surface area contributed by atoms with Gasteiger partial charge in [0.05, 0.1) is 13.2 Å². The van der Waals surface area contributed by atoms with E-state index in [1.807, 2.05) is 23.2 Å². The average Bonchev–Trinajstić information content (AvgIpc) is 2.59. The number of carbonyl (C=O) groups excluding carboxylic acids is 1. The van der Waals surface area contributed by atoms with Crippen molar-refractivity contribution >= 4 is 17.2 Å². The van der Waals surface area contributed by atoms with Crippen molar-refractivity contribution in [2.45, 2.75) is 0 Å². The molecule has 0 saturated heterocycles. The number of nitrogens with one attached hydrogen (secondary N) is 1. The molecule has 1 aromatic heterocycles. The van der Waals surface area contributed by atoms with E-state index in [4.69, 9.17) is 4.74 Å². The molecule has 1 aromatic rings. The van der Waals surface area contributed by atoms with Crippen molar-refractivity contribution in [3.63, 3.8) is 0 Å². The summed E-state index contributed by atoms with van der Waals surface area (Å²) in [5.41, 5.74) is 0. The molecular formula is C9H15N3O2S. The van der Waals surface area contributed by atoms with Crippen LogP contribution in [0, 0.1) is 0 Å². The summed E-state index contributed by atoms with van der Waals surface area (Å²) in [7, 11) is 3.49. The van der Waals surface area contributed by atoms with E-state index in [2.05, 4.69) is 10.3 Å². The summed E-state index contributed by atoms with van der Waals surface area (Å²) >= 11 is 1.44. The van der Waals surface area contributed by atoms with Gasteiger partial charge in [0.1, 0.15) is 0 Å². The molecule has 0 radical (unpaired) electrons. The van der Waals surface area contributed by atoms with Crippen LogP contribution in [0.2, 0.25) is 0 Å². The summed E-state index contributed by atoms with van der Waals surface area (Å²) < 4.78 is 6.66. The highest BCUT2D eigenvalue weighted by Crippen LogP contribution is 1.86. The van der Waals surface area contributed by atoms with E-state index >= 15 is 0 Å². The first-order valence-electron chi connectivity index (χ1n) is 4.61. The van der Waals surface area contributed by atoms with Crippen LogP contribution in [-0.4, -0.2) is 37.3 Å². The van der Waals surface area contributed by atoms with E-state index in [0.717, 1.165) is 0 Å². The van der Waals surface area contributed by atoms with Crippen molar-refractivity contribution in [2.75, 3.05) is 26.8 Å². The predicted octanol–water partition coefficient (Wildman–Crippen LogP) is -0.250.